The van der Waals surface area contributed by atoms with E-state index in [1.807, 2.05) is 0 Å². The van der Waals surface area contributed by atoms with E-state index in [4.69, 9.17) is 0 Å². The lowest BCUT2D eigenvalue weighted by atomic mass is 10.1. The van der Waals surface area contributed by atoms with E-state index in [9.17, 15) is 0 Å². The molecule has 2 fully saturated rings. The van der Waals surface area contributed by atoms with Gasteiger partial charge in [-0.3, -0.25) is 10.2 Å². The van der Waals surface area contributed by atoms with E-state index < -0.39 is 0 Å². The van der Waals surface area contributed by atoms with Gasteiger partial charge in [-0.2, -0.15) is 0 Å². The van der Waals surface area contributed by atoms with Crippen molar-refractivity contribution in [1.29, 1.82) is 0 Å². The van der Waals surface area contributed by atoms with Crippen LogP contribution in [-0.2, 0) is 0 Å². The number of nitrogens with zero attached hydrogens (tertiary/aromatic N) is 1. The normalized spacial score (nSPS) is 41.1. The van der Waals surface area contributed by atoms with E-state index in [0.29, 0.717) is 24.3 Å². The SMILES string of the molecule is CC(C)C1NC2CCCNC2N1C. The third kappa shape index (κ3) is 1.60. The Morgan fingerprint density at radius 3 is 2.77 bits per heavy atom. The largest absolute Gasteiger partial charge is 0.300 e. The Morgan fingerprint density at radius 2 is 2.15 bits per heavy atom. The van der Waals surface area contributed by atoms with Crippen molar-refractivity contribution in [3.8, 4) is 0 Å². The molecule has 2 saturated heterocycles. The van der Waals surface area contributed by atoms with Crippen LogP contribution >= 0.6 is 0 Å². The molecule has 0 radical (unpaired) electrons. The lowest BCUT2D eigenvalue weighted by molar-refractivity contribution is 0.158. The Balaban J connectivity index is 2.05. The summed E-state index contributed by atoms with van der Waals surface area (Å²) in [5, 5.41) is 7.28. The Kier molecular flexibility index (Phi) is 2.58. The zero-order valence-electron chi connectivity index (χ0n) is 8.88. The Morgan fingerprint density at radius 1 is 1.38 bits per heavy atom. The fourth-order valence-corrected chi connectivity index (χ4v) is 2.65. The summed E-state index contributed by atoms with van der Waals surface area (Å²) in [6.07, 6.45) is 3.76. The van der Waals surface area contributed by atoms with Gasteiger partial charge in [-0.25, -0.2) is 0 Å². The lowest BCUT2D eigenvalue weighted by Gasteiger charge is -2.31. The van der Waals surface area contributed by atoms with E-state index in [-0.39, 0.29) is 0 Å². The Labute approximate surface area is 80.9 Å². The van der Waals surface area contributed by atoms with Crippen LogP contribution in [0.4, 0.5) is 0 Å². The second kappa shape index (κ2) is 3.56. The van der Waals surface area contributed by atoms with Gasteiger partial charge in [0.25, 0.3) is 0 Å². The molecule has 0 aromatic carbocycles. The van der Waals surface area contributed by atoms with Gasteiger partial charge < -0.3 is 5.32 Å². The zero-order chi connectivity index (χ0) is 9.42. The minimum Gasteiger partial charge on any atom is -0.300 e. The quantitative estimate of drug-likeness (QED) is 0.623. The molecule has 3 heteroatoms. The average Bonchev–Trinajstić information content (AvgIpc) is 2.45. The van der Waals surface area contributed by atoms with Gasteiger partial charge in [-0.1, -0.05) is 13.8 Å². The highest BCUT2D eigenvalue weighted by Crippen LogP contribution is 2.23. The van der Waals surface area contributed by atoms with E-state index in [1.165, 1.54) is 19.4 Å². The fourth-order valence-electron chi connectivity index (χ4n) is 2.65. The second-order valence-corrected chi connectivity index (χ2v) is 4.67. The lowest BCUT2D eigenvalue weighted by Crippen LogP contribution is -2.50. The second-order valence-electron chi connectivity index (χ2n) is 4.67. The molecule has 3 nitrogen and oxygen atoms in total. The van der Waals surface area contributed by atoms with E-state index in [1.54, 1.807) is 0 Å². The highest BCUT2D eigenvalue weighted by atomic mass is 15.4. The van der Waals surface area contributed by atoms with Gasteiger partial charge in [0.15, 0.2) is 0 Å². The van der Waals surface area contributed by atoms with Crippen molar-refractivity contribution in [1.82, 2.24) is 15.5 Å². The number of rotatable bonds is 1. The number of piperidine rings is 1. The Hall–Kier alpha value is -0.120. The average molecular weight is 183 g/mol. The van der Waals surface area contributed by atoms with Gasteiger partial charge in [-0.15, -0.1) is 0 Å². The predicted octanol–water partition coefficient (Wildman–Crippen LogP) is 0.582. The number of hydrogen-bond acceptors (Lipinski definition) is 3. The molecule has 0 bridgehead atoms. The van der Waals surface area contributed by atoms with Crippen molar-refractivity contribution in [2.75, 3.05) is 13.6 Å². The van der Waals surface area contributed by atoms with Crippen LogP contribution in [0.2, 0.25) is 0 Å². The molecule has 0 aromatic rings. The van der Waals surface area contributed by atoms with Crippen LogP contribution in [-0.4, -0.2) is 36.9 Å². The minimum absolute atomic E-state index is 0.556. The first-order valence-electron chi connectivity index (χ1n) is 5.41. The fraction of sp³-hybridized carbons (Fsp3) is 1.00. The van der Waals surface area contributed by atoms with Crippen LogP contribution in [0.3, 0.4) is 0 Å². The molecule has 2 aliphatic heterocycles. The van der Waals surface area contributed by atoms with Crippen molar-refractivity contribution in [3.63, 3.8) is 0 Å². The maximum absolute atomic E-state index is 3.71. The summed E-state index contributed by atoms with van der Waals surface area (Å²) in [7, 11) is 2.22. The zero-order valence-corrected chi connectivity index (χ0v) is 8.88. The molecule has 2 heterocycles. The van der Waals surface area contributed by atoms with Crippen molar-refractivity contribution < 1.29 is 0 Å². The van der Waals surface area contributed by atoms with Gasteiger partial charge in [0.2, 0.25) is 0 Å². The van der Waals surface area contributed by atoms with Crippen molar-refractivity contribution in [3.05, 3.63) is 0 Å². The van der Waals surface area contributed by atoms with Crippen molar-refractivity contribution >= 4 is 0 Å². The molecule has 0 saturated carbocycles. The number of nitrogens with one attached hydrogen (secondary N) is 2. The molecule has 2 N–H and O–H groups in total. The molecule has 0 aliphatic carbocycles. The standard InChI is InChI=1S/C10H21N3/c1-7(2)9-12-8-5-4-6-11-10(8)13(9)3/h7-12H,4-6H2,1-3H3. The number of likely N-dealkylation sites (N-methyl/N-ethyl adjacent to an activating group) is 1. The molecule has 0 amide bonds. The number of hydrogen-bond donors (Lipinski definition) is 2. The topological polar surface area (TPSA) is 27.3 Å². The third-order valence-electron chi connectivity index (χ3n) is 3.32. The highest BCUT2D eigenvalue weighted by Gasteiger charge is 2.40. The highest BCUT2D eigenvalue weighted by molar-refractivity contribution is 4.96. The predicted molar refractivity (Wildman–Crippen MR) is 54.3 cm³/mol. The molecule has 3 atom stereocenters. The van der Waals surface area contributed by atoms with Crippen LogP contribution in [0.15, 0.2) is 0 Å². The first kappa shape index (κ1) is 9.44. The molecule has 76 valence electrons. The maximum Gasteiger partial charge on any atom is 0.0765 e. The van der Waals surface area contributed by atoms with Gasteiger partial charge in [0.05, 0.1) is 12.3 Å². The van der Waals surface area contributed by atoms with Crippen LogP contribution in [0.5, 0.6) is 0 Å². The molecule has 2 aliphatic rings. The first-order valence-corrected chi connectivity index (χ1v) is 5.41. The van der Waals surface area contributed by atoms with Gasteiger partial charge in [-0.05, 0) is 32.4 Å². The summed E-state index contributed by atoms with van der Waals surface area (Å²) in [6, 6.07) is 0.672. The van der Waals surface area contributed by atoms with Crippen molar-refractivity contribution in [2.45, 2.75) is 45.1 Å². The van der Waals surface area contributed by atoms with Crippen LogP contribution in [0, 0.1) is 5.92 Å². The third-order valence-corrected chi connectivity index (χ3v) is 3.32. The molecular weight excluding hydrogens is 162 g/mol. The summed E-state index contributed by atoms with van der Waals surface area (Å²) < 4.78 is 0. The summed E-state index contributed by atoms with van der Waals surface area (Å²) in [4.78, 5) is 2.45. The van der Waals surface area contributed by atoms with E-state index >= 15 is 0 Å². The minimum atomic E-state index is 0.556. The van der Waals surface area contributed by atoms with Crippen LogP contribution < -0.4 is 10.6 Å². The monoisotopic (exact) mass is 183 g/mol. The summed E-state index contributed by atoms with van der Waals surface area (Å²) in [5.41, 5.74) is 0. The van der Waals surface area contributed by atoms with E-state index in [2.05, 4.69) is 36.4 Å². The molecule has 2 rings (SSSR count). The maximum atomic E-state index is 3.71. The smallest absolute Gasteiger partial charge is 0.0765 e. The van der Waals surface area contributed by atoms with E-state index in [0.717, 1.165) is 0 Å². The van der Waals surface area contributed by atoms with Gasteiger partial charge in [0.1, 0.15) is 0 Å². The molecule has 13 heavy (non-hydrogen) atoms. The molecule has 0 spiro atoms. The van der Waals surface area contributed by atoms with Crippen molar-refractivity contribution in [2.24, 2.45) is 5.92 Å². The summed E-state index contributed by atoms with van der Waals surface area (Å²) >= 11 is 0. The molecule has 3 unspecified atom stereocenters. The Bertz CT molecular complexity index is 179. The first-order chi connectivity index (χ1) is 6.20. The number of fused-ring (bicyclic) bond motifs is 1. The summed E-state index contributed by atoms with van der Waals surface area (Å²) in [5.74, 6) is 0.692. The van der Waals surface area contributed by atoms with Gasteiger partial charge >= 0.3 is 0 Å². The van der Waals surface area contributed by atoms with Crippen LogP contribution in [0.1, 0.15) is 26.7 Å². The molecule has 0 aromatic heterocycles. The van der Waals surface area contributed by atoms with Gasteiger partial charge in [0, 0.05) is 6.04 Å². The van der Waals surface area contributed by atoms with Crippen LogP contribution in [0.25, 0.3) is 0 Å². The summed E-state index contributed by atoms with van der Waals surface area (Å²) in [6.45, 7) is 5.75. The molecular formula is C10H21N3.